The van der Waals surface area contributed by atoms with Gasteiger partial charge in [0.15, 0.2) is 5.78 Å². The molecule has 0 bridgehead atoms. The van der Waals surface area contributed by atoms with E-state index in [0.29, 0.717) is 18.2 Å². The fourth-order valence-electron chi connectivity index (χ4n) is 4.61. The molecule has 4 heteroatoms. The third kappa shape index (κ3) is 5.06. The minimum Gasteiger partial charge on any atom is -0.439 e. The van der Waals surface area contributed by atoms with Crippen molar-refractivity contribution in [3.63, 3.8) is 0 Å². The maximum Gasteiger partial charge on any atom is 0.219 e. The van der Waals surface area contributed by atoms with Crippen LogP contribution < -0.4 is 4.74 Å². The Morgan fingerprint density at radius 1 is 1.09 bits per heavy atom. The molecule has 0 saturated heterocycles. The number of Topliss-reactive ketones (excluding diaryl/α,β-unsaturated/α-hetero) is 1. The number of nitrogens with zero attached hydrogens (tertiary/aromatic N) is 1. The van der Waals surface area contributed by atoms with E-state index in [0.717, 1.165) is 59.0 Å². The van der Waals surface area contributed by atoms with Gasteiger partial charge in [0, 0.05) is 41.3 Å². The van der Waals surface area contributed by atoms with E-state index in [4.69, 9.17) is 4.74 Å². The summed E-state index contributed by atoms with van der Waals surface area (Å²) in [6.07, 6.45) is 10.8. The van der Waals surface area contributed by atoms with Crippen molar-refractivity contribution in [2.24, 2.45) is 5.92 Å². The van der Waals surface area contributed by atoms with Gasteiger partial charge in [-0.25, -0.2) is 4.98 Å². The second-order valence-electron chi connectivity index (χ2n) is 8.97. The molecular weight excluding hydrogens is 408 g/mol. The molecule has 5 rings (SSSR count). The lowest BCUT2D eigenvalue weighted by Gasteiger charge is -2.23. The summed E-state index contributed by atoms with van der Waals surface area (Å²) < 4.78 is 5.91. The van der Waals surface area contributed by atoms with E-state index < -0.39 is 0 Å². The smallest absolute Gasteiger partial charge is 0.219 e. The molecule has 2 aromatic heterocycles. The standard InChI is InChI=1S/C29H28N2O2/c1-20-9-14-29(31-18-20)33-24-6-4-5-23(16-24)15-21-10-12-22(13-11-21)17-28(32)26-19-30-27-8-3-2-7-25(26)27/h2-9,14-16,18-19,22,30H,10-13,17H2,1H3. The molecule has 0 aliphatic heterocycles. The highest BCUT2D eigenvalue weighted by molar-refractivity contribution is 6.07. The van der Waals surface area contributed by atoms with Crippen LogP contribution in [-0.4, -0.2) is 15.8 Å². The second-order valence-corrected chi connectivity index (χ2v) is 8.97. The number of benzene rings is 2. The quantitative estimate of drug-likeness (QED) is 0.318. The Morgan fingerprint density at radius 2 is 1.94 bits per heavy atom. The minimum absolute atomic E-state index is 0.249. The van der Waals surface area contributed by atoms with Crippen LogP contribution in [0.25, 0.3) is 17.0 Å². The summed E-state index contributed by atoms with van der Waals surface area (Å²) in [4.78, 5) is 20.5. The SMILES string of the molecule is Cc1ccc(Oc2cccc(C=C3CCC(CC(=O)c4c[nH]c5ccccc45)CC3)c2)nc1. The summed E-state index contributed by atoms with van der Waals surface area (Å²) in [6.45, 7) is 2.01. The van der Waals surface area contributed by atoms with E-state index >= 15 is 0 Å². The van der Waals surface area contributed by atoms with E-state index in [1.54, 1.807) is 0 Å². The first kappa shape index (κ1) is 21.2. The lowest BCUT2D eigenvalue weighted by Crippen LogP contribution is -2.13. The molecule has 4 aromatic rings. The average molecular weight is 437 g/mol. The summed E-state index contributed by atoms with van der Waals surface area (Å²) >= 11 is 0. The molecule has 166 valence electrons. The van der Waals surface area contributed by atoms with Crippen molar-refractivity contribution in [1.82, 2.24) is 9.97 Å². The number of allylic oxidation sites excluding steroid dienone is 1. The number of aryl methyl sites for hydroxylation is 1. The van der Waals surface area contributed by atoms with Gasteiger partial charge >= 0.3 is 0 Å². The highest BCUT2D eigenvalue weighted by atomic mass is 16.5. The molecule has 0 unspecified atom stereocenters. The van der Waals surface area contributed by atoms with Crippen LogP contribution in [0.1, 0.15) is 53.6 Å². The number of nitrogens with one attached hydrogen (secondary N) is 1. The Labute approximate surface area is 194 Å². The molecule has 0 radical (unpaired) electrons. The van der Waals surface area contributed by atoms with Gasteiger partial charge in [-0.2, -0.15) is 0 Å². The highest BCUT2D eigenvalue weighted by Gasteiger charge is 2.21. The lowest BCUT2D eigenvalue weighted by atomic mass is 9.81. The van der Waals surface area contributed by atoms with Gasteiger partial charge < -0.3 is 9.72 Å². The molecule has 4 nitrogen and oxygen atoms in total. The van der Waals surface area contributed by atoms with E-state index in [9.17, 15) is 4.79 Å². The molecule has 2 heterocycles. The number of ether oxygens (including phenoxy) is 1. The van der Waals surface area contributed by atoms with Crippen LogP contribution >= 0.6 is 0 Å². The molecule has 33 heavy (non-hydrogen) atoms. The first-order valence-corrected chi connectivity index (χ1v) is 11.6. The molecule has 0 amide bonds. The maximum absolute atomic E-state index is 12.9. The number of pyridine rings is 1. The first-order valence-electron chi connectivity index (χ1n) is 11.6. The molecule has 1 aliphatic carbocycles. The van der Waals surface area contributed by atoms with Crippen LogP contribution in [0.5, 0.6) is 11.6 Å². The van der Waals surface area contributed by atoms with E-state index in [-0.39, 0.29) is 5.78 Å². The summed E-state index contributed by atoms with van der Waals surface area (Å²) in [6, 6.07) is 20.0. The van der Waals surface area contributed by atoms with Crippen LogP contribution in [0.3, 0.4) is 0 Å². The summed E-state index contributed by atoms with van der Waals surface area (Å²) in [7, 11) is 0. The number of H-pyrrole nitrogens is 1. The number of hydrogen-bond donors (Lipinski definition) is 1. The van der Waals surface area contributed by atoms with E-state index in [1.807, 2.05) is 67.8 Å². The first-order chi connectivity index (χ1) is 16.1. The number of para-hydroxylation sites is 1. The predicted octanol–water partition coefficient (Wildman–Crippen LogP) is 7.51. The van der Waals surface area contributed by atoms with Gasteiger partial charge in [-0.3, -0.25) is 4.79 Å². The van der Waals surface area contributed by atoms with Crippen molar-refractivity contribution in [3.8, 4) is 11.6 Å². The van der Waals surface area contributed by atoms with Crippen LogP contribution in [-0.2, 0) is 0 Å². The third-order valence-corrected chi connectivity index (χ3v) is 6.45. The van der Waals surface area contributed by atoms with Crippen molar-refractivity contribution < 1.29 is 9.53 Å². The van der Waals surface area contributed by atoms with Gasteiger partial charge in [0.2, 0.25) is 5.88 Å². The zero-order valence-electron chi connectivity index (χ0n) is 18.9. The van der Waals surface area contributed by atoms with Crippen molar-refractivity contribution >= 4 is 22.8 Å². The fraction of sp³-hybridized carbons (Fsp3) is 0.241. The topological polar surface area (TPSA) is 55.0 Å². The zero-order valence-corrected chi connectivity index (χ0v) is 18.9. The van der Waals surface area contributed by atoms with Crippen molar-refractivity contribution in [2.45, 2.75) is 39.0 Å². The van der Waals surface area contributed by atoms with Gasteiger partial charge in [-0.05, 0) is 67.9 Å². The Kier molecular flexibility index (Phi) is 6.07. The Hall–Kier alpha value is -3.66. The van der Waals surface area contributed by atoms with Crippen LogP contribution in [0.15, 0.2) is 78.6 Å². The van der Waals surface area contributed by atoms with Crippen molar-refractivity contribution in [3.05, 3.63) is 95.3 Å². The number of aromatic nitrogens is 2. The van der Waals surface area contributed by atoms with Gasteiger partial charge in [-0.15, -0.1) is 0 Å². The summed E-state index contributed by atoms with van der Waals surface area (Å²) in [5.74, 6) is 2.09. The van der Waals surface area contributed by atoms with Gasteiger partial charge in [0.1, 0.15) is 5.75 Å². The maximum atomic E-state index is 12.9. The van der Waals surface area contributed by atoms with Crippen LogP contribution in [0.2, 0.25) is 0 Å². The monoisotopic (exact) mass is 436 g/mol. The molecule has 1 N–H and O–H groups in total. The van der Waals surface area contributed by atoms with Crippen LogP contribution in [0, 0.1) is 12.8 Å². The summed E-state index contributed by atoms with van der Waals surface area (Å²) in [5, 5.41) is 1.03. The fourth-order valence-corrected chi connectivity index (χ4v) is 4.61. The Morgan fingerprint density at radius 3 is 2.76 bits per heavy atom. The van der Waals surface area contributed by atoms with Gasteiger partial charge in [0.25, 0.3) is 0 Å². The van der Waals surface area contributed by atoms with E-state index in [1.165, 1.54) is 5.57 Å². The third-order valence-electron chi connectivity index (χ3n) is 6.45. The number of fused-ring (bicyclic) bond motifs is 1. The molecule has 0 spiro atoms. The molecule has 0 atom stereocenters. The number of ketones is 1. The number of rotatable bonds is 6. The number of carbonyl (C=O) groups excluding carboxylic acids is 1. The second kappa shape index (κ2) is 9.45. The number of aromatic amines is 1. The normalized spacial score (nSPS) is 16.0. The molecular formula is C29H28N2O2. The average Bonchev–Trinajstić information content (AvgIpc) is 3.27. The van der Waals surface area contributed by atoms with E-state index in [2.05, 4.69) is 28.2 Å². The van der Waals surface area contributed by atoms with Crippen molar-refractivity contribution in [1.29, 1.82) is 0 Å². The highest BCUT2D eigenvalue weighted by Crippen LogP contribution is 2.33. The molecule has 2 aromatic carbocycles. The Bertz CT molecular complexity index is 1290. The van der Waals surface area contributed by atoms with Gasteiger partial charge in [0.05, 0.1) is 0 Å². The Balaban J connectivity index is 1.19. The van der Waals surface area contributed by atoms with Crippen LogP contribution in [0.4, 0.5) is 0 Å². The molecule has 1 fully saturated rings. The lowest BCUT2D eigenvalue weighted by molar-refractivity contribution is 0.0955. The molecule has 1 aliphatic rings. The van der Waals surface area contributed by atoms with Crippen molar-refractivity contribution in [2.75, 3.05) is 0 Å². The number of carbonyl (C=O) groups is 1. The predicted molar refractivity (Wildman–Crippen MR) is 133 cm³/mol. The molecule has 1 saturated carbocycles. The number of hydrogen-bond acceptors (Lipinski definition) is 3. The largest absolute Gasteiger partial charge is 0.439 e. The minimum atomic E-state index is 0.249. The zero-order chi connectivity index (χ0) is 22.6. The summed E-state index contributed by atoms with van der Waals surface area (Å²) in [5.41, 5.74) is 5.55. The van der Waals surface area contributed by atoms with Gasteiger partial charge in [-0.1, -0.05) is 48.0 Å².